The van der Waals surface area contributed by atoms with E-state index in [1.165, 1.54) is 36.4 Å². The summed E-state index contributed by atoms with van der Waals surface area (Å²) in [6.07, 6.45) is 0. The first-order chi connectivity index (χ1) is 10.3. The maximum atomic E-state index is 13.0. The van der Waals surface area contributed by atoms with Crippen molar-refractivity contribution in [2.24, 2.45) is 0 Å². The van der Waals surface area contributed by atoms with Gasteiger partial charge in [0.25, 0.3) is 10.0 Å². The largest absolute Gasteiger partial charge is 0.480 e. The van der Waals surface area contributed by atoms with Gasteiger partial charge in [-0.2, -0.15) is 0 Å². The van der Waals surface area contributed by atoms with Gasteiger partial charge >= 0.3 is 5.97 Å². The number of hydrogen-bond donors (Lipinski definition) is 1. The molecule has 2 aromatic rings. The summed E-state index contributed by atoms with van der Waals surface area (Å²) >= 11 is 5.72. The number of aliphatic carboxylic acids is 1. The minimum absolute atomic E-state index is 0.0544. The van der Waals surface area contributed by atoms with Crippen LogP contribution in [0.25, 0.3) is 0 Å². The van der Waals surface area contributed by atoms with E-state index < -0.39 is 28.4 Å². The third kappa shape index (κ3) is 3.55. The van der Waals surface area contributed by atoms with Gasteiger partial charge in [0.2, 0.25) is 0 Å². The first-order valence-electron chi connectivity index (χ1n) is 6.06. The molecule has 22 heavy (non-hydrogen) atoms. The molecule has 1 N–H and O–H groups in total. The van der Waals surface area contributed by atoms with Crippen molar-refractivity contribution in [1.82, 2.24) is 0 Å². The highest BCUT2D eigenvalue weighted by molar-refractivity contribution is 7.92. The van der Waals surface area contributed by atoms with Gasteiger partial charge in [-0.25, -0.2) is 12.8 Å². The molecule has 5 nitrogen and oxygen atoms in total. The van der Waals surface area contributed by atoms with Gasteiger partial charge in [0, 0.05) is 5.02 Å². The molecule has 0 aliphatic carbocycles. The number of rotatable bonds is 5. The van der Waals surface area contributed by atoms with Crippen LogP contribution in [0.15, 0.2) is 53.4 Å². The van der Waals surface area contributed by atoms with Crippen molar-refractivity contribution >= 4 is 33.3 Å². The van der Waals surface area contributed by atoms with E-state index in [1.807, 2.05) is 0 Å². The zero-order valence-corrected chi connectivity index (χ0v) is 12.7. The van der Waals surface area contributed by atoms with Gasteiger partial charge in [-0.15, -0.1) is 0 Å². The summed E-state index contributed by atoms with van der Waals surface area (Å²) in [5, 5.41) is 9.31. The van der Waals surface area contributed by atoms with Gasteiger partial charge < -0.3 is 5.11 Å². The second kappa shape index (κ2) is 6.33. The van der Waals surface area contributed by atoms with E-state index >= 15 is 0 Å². The molecular weight excluding hydrogens is 333 g/mol. The summed E-state index contributed by atoms with van der Waals surface area (Å²) in [5.41, 5.74) is 0.0544. The predicted octanol–water partition coefficient (Wildman–Crippen LogP) is 2.76. The number of sulfonamides is 1. The molecule has 0 heterocycles. The Morgan fingerprint density at radius 3 is 2.14 bits per heavy atom. The lowest BCUT2D eigenvalue weighted by atomic mass is 10.3. The van der Waals surface area contributed by atoms with Gasteiger partial charge in [0.1, 0.15) is 12.4 Å². The molecule has 0 saturated heterocycles. The van der Waals surface area contributed by atoms with E-state index in [-0.39, 0.29) is 10.6 Å². The predicted molar refractivity (Wildman–Crippen MR) is 80.0 cm³/mol. The van der Waals surface area contributed by atoms with Crippen LogP contribution >= 0.6 is 11.6 Å². The molecule has 0 fully saturated rings. The van der Waals surface area contributed by atoms with E-state index in [4.69, 9.17) is 16.7 Å². The number of carboxylic acids is 1. The van der Waals surface area contributed by atoms with Crippen LogP contribution in [0.4, 0.5) is 10.1 Å². The molecule has 116 valence electrons. The number of carboxylic acid groups (broad SMARTS) is 1. The third-order valence-corrected chi connectivity index (χ3v) is 4.84. The fourth-order valence-corrected chi connectivity index (χ4v) is 3.32. The highest BCUT2D eigenvalue weighted by Crippen LogP contribution is 2.24. The fourth-order valence-electron chi connectivity index (χ4n) is 1.78. The molecule has 0 amide bonds. The second-order valence-electron chi connectivity index (χ2n) is 4.34. The van der Waals surface area contributed by atoms with Crippen molar-refractivity contribution in [3.8, 4) is 0 Å². The zero-order chi connectivity index (χ0) is 16.3. The molecule has 0 bridgehead atoms. The van der Waals surface area contributed by atoms with E-state index in [2.05, 4.69) is 0 Å². The fraction of sp³-hybridized carbons (Fsp3) is 0.0714. The molecule has 0 unspecified atom stereocenters. The molecular formula is C14H11ClFNO4S. The Morgan fingerprint density at radius 1 is 1.09 bits per heavy atom. The molecule has 0 aromatic heterocycles. The molecule has 0 spiro atoms. The van der Waals surface area contributed by atoms with Crippen molar-refractivity contribution in [3.63, 3.8) is 0 Å². The highest BCUT2D eigenvalue weighted by Gasteiger charge is 2.27. The summed E-state index contributed by atoms with van der Waals surface area (Å²) in [7, 11) is -4.11. The Hall–Kier alpha value is -2.12. The van der Waals surface area contributed by atoms with Crippen LogP contribution < -0.4 is 4.31 Å². The van der Waals surface area contributed by atoms with Crippen molar-refractivity contribution in [1.29, 1.82) is 0 Å². The standard InChI is InChI=1S/C14H11ClFNO4S/c15-10-1-7-13(8-2-10)22(20,21)17(9-14(18)19)12-5-3-11(16)4-6-12/h1-8H,9H2,(H,18,19). The third-order valence-electron chi connectivity index (χ3n) is 2.80. The normalized spacial score (nSPS) is 11.2. The van der Waals surface area contributed by atoms with Gasteiger partial charge in [-0.1, -0.05) is 11.6 Å². The number of anilines is 1. The van der Waals surface area contributed by atoms with Gasteiger partial charge in [-0.3, -0.25) is 9.10 Å². The SMILES string of the molecule is O=C(O)CN(c1ccc(F)cc1)S(=O)(=O)c1ccc(Cl)cc1. The zero-order valence-electron chi connectivity index (χ0n) is 11.1. The van der Waals surface area contributed by atoms with Crippen molar-refractivity contribution in [3.05, 3.63) is 59.4 Å². The van der Waals surface area contributed by atoms with Crippen LogP contribution in [0.2, 0.25) is 5.02 Å². The van der Waals surface area contributed by atoms with Gasteiger partial charge in [0.05, 0.1) is 10.6 Å². The minimum atomic E-state index is -4.11. The van der Waals surface area contributed by atoms with E-state index in [1.54, 1.807) is 0 Å². The van der Waals surface area contributed by atoms with Crippen molar-refractivity contribution in [2.75, 3.05) is 10.8 Å². The van der Waals surface area contributed by atoms with Gasteiger partial charge in [0.15, 0.2) is 0 Å². The average Bonchev–Trinajstić information content (AvgIpc) is 2.46. The van der Waals surface area contributed by atoms with E-state index in [0.29, 0.717) is 9.33 Å². The maximum Gasteiger partial charge on any atom is 0.324 e. The van der Waals surface area contributed by atoms with Crippen LogP contribution in [0, 0.1) is 5.82 Å². The number of carbonyl (C=O) groups is 1. The summed E-state index contributed by atoms with van der Waals surface area (Å²) in [5.74, 6) is -1.88. The van der Waals surface area contributed by atoms with E-state index in [9.17, 15) is 17.6 Å². The van der Waals surface area contributed by atoms with Crippen LogP contribution in [-0.2, 0) is 14.8 Å². The number of hydrogen-bond acceptors (Lipinski definition) is 3. The molecule has 0 saturated carbocycles. The van der Waals surface area contributed by atoms with Crippen molar-refractivity contribution < 1.29 is 22.7 Å². The number of halogens is 2. The first-order valence-corrected chi connectivity index (χ1v) is 7.88. The monoisotopic (exact) mass is 343 g/mol. The summed E-state index contributed by atoms with van der Waals surface area (Å²) < 4.78 is 38.9. The summed E-state index contributed by atoms with van der Waals surface area (Å²) in [6.45, 7) is -0.781. The second-order valence-corrected chi connectivity index (χ2v) is 6.63. The molecule has 0 aliphatic heterocycles. The first kappa shape index (κ1) is 16.3. The number of nitrogens with zero attached hydrogens (tertiary/aromatic N) is 1. The van der Waals surface area contributed by atoms with Crippen LogP contribution in [0.5, 0.6) is 0 Å². The lowest BCUT2D eigenvalue weighted by Crippen LogP contribution is -2.35. The van der Waals surface area contributed by atoms with E-state index in [0.717, 1.165) is 12.1 Å². The van der Waals surface area contributed by atoms with Crippen molar-refractivity contribution in [2.45, 2.75) is 4.90 Å². The Balaban J connectivity index is 2.50. The quantitative estimate of drug-likeness (QED) is 0.905. The minimum Gasteiger partial charge on any atom is -0.480 e. The van der Waals surface area contributed by atoms with Crippen LogP contribution in [0.3, 0.4) is 0 Å². The smallest absolute Gasteiger partial charge is 0.324 e. The Labute approximate surface area is 131 Å². The van der Waals surface area contributed by atoms with Gasteiger partial charge in [-0.05, 0) is 48.5 Å². The maximum absolute atomic E-state index is 13.0. The number of benzene rings is 2. The molecule has 2 rings (SSSR count). The molecule has 0 atom stereocenters. The lowest BCUT2D eigenvalue weighted by Gasteiger charge is -2.22. The Bertz CT molecular complexity index is 775. The molecule has 2 aromatic carbocycles. The van der Waals surface area contributed by atoms with Crippen LogP contribution in [-0.4, -0.2) is 26.0 Å². The Morgan fingerprint density at radius 2 is 1.64 bits per heavy atom. The molecule has 0 radical (unpaired) electrons. The summed E-state index contributed by atoms with van der Waals surface area (Å²) in [4.78, 5) is 10.9. The summed E-state index contributed by atoms with van der Waals surface area (Å²) in [6, 6.07) is 9.84. The molecule has 8 heteroatoms. The van der Waals surface area contributed by atoms with Crippen LogP contribution in [0.1, 0.15) is 0 Å². The average molecular weight is 344 g/mol. The topological polar surface area (TPSA) is 74.7 Å². The lowest BCUT2D eigenvalue weighted by molar-refractivity contribution is -0.135. The molecule has 0 aliphatic rings. The Kier molecular flexibility index (Phi) is 4.68. The highest BCUT2D eigenvalue weighted by atomic mass is 35.5.